The van der Waals surface area contributed by atoms with Gasteiger partial charge in [0.2, 0.25) is 0 Å². The predicted molar refractivity (Wildman–Crippen MR) is 46.6 cm³/mol. The standard InChI is InChI=1S/C9H17NO2/c1-4-7(11)12-6-9(10)5-8(9,2)3/h4-6,10H2,1-3H3. The van der Waals surface area contributed by atoms with Crippen LogP contribution in [0.2, 0.25) is 0 Å². The van der Waals surface area contributed by atoms with E-state index in [-0.39, 0.29) is 16.9 Å². The fourth-order valence-corrected chi connectivity index (χ4v) is 1.30. The highest BCUT2D eigenvalue weighted by atomic mass is 16.5. The van der Waals surface area contributed by atoms with Gasteiger partial charge in [-0.3, -0.25) is 4.79 Å². The molecule has 1 aliphatic rings. The maximum atomic E-state index is 10.8. The molecule has 1 aliphatic carbocycles. The van der Waals surface area contributed by atoms with Crippen LogP contribution in [0, 0.1) is 5.41 Å². The van der Waals surface area contributed by atoms with Gasteiger partial charge >= 0.3 is 5.97 Å². The fraction of sp³-hybridized carbons (Fsp3) is 0.889. The third-order valence-corrected chi connectivity index (χ3v) is 2.76. The summed E-state index contributed by atoms with van der Waals surface area (Å²) in [5, 5.41) is 0. The number of rotatable bonds is 3. The second-order valence-corrected chi connectivity index (χ2v) is 4.23. The van der Waals surface area contributed by atoms with Crippen molar-refractivity contribution < 1.29 is 9.53 Å². The molecule has 0 bridgehead atoms. The van der Waals surface area contributed by atoms with Gasteiger partial charge in [0, 0.05) is 6.42 Å². The first-order valence-corrected chi connectivity index (χ1v) is 4.36. The Bertz CT molecular complexity index is 201. The lowest BCUT2D eigenvalue weighted by molar-refractivity contribution is -0.144. The molecule has 1 fully saturated rings. The monoisotopic (exact) mass is 171 g/mol. The summed E-state index contributed by atoms with van der Waals surface area (Å²) in [6, 6.07) is 0. The molecule has 0 aromatic carbocycles. The van der Waals surface area contributed by atoms with Gasteiger partial charge in [0.25, 0.3) is 0 Å². The van der Waals surface area contributed by atoms with Crippen molar-refractivity contribution in [3.63, 3.8) is 0 Å². The van der Waals surface area contributed by atoms with Crippen LogP contribution in [0.25, 0.3) is 0 Å². The molecule has 0 radical (unpaired) electrons. The third-order valence-electron chi connectivity index (χ3n) is 2.76. The largest absolute Gasteiger partial charge is 0.464 e. The van der Waals surface area contributed by atoms with Crippen LogP contribution in [0.3, 0.4) is 0 Å². The van der Waals surface area contributed by atoms with E-state index in [2.05, 4.69) is 13.8 Å². The van der Waals surface area contributed by atoms with Crippen LogP contribution in [0.15, 0.2) is 0 Å². The number of nitrogens with two attached hydrogens (primary N) is 1. The highest BCUT2D eigenvalue weighted by molar-refractivity contribution is 5.69. The van der Waals surface area contributed by atoms with Gasteiger partial charge in [0.15, 0.2) is 0 Å². The highest BCUT2D eigenvalue weighted by Crippen LogP contribution is 2.53. The zero-order chi connectivity index (χ0) is 9.41. The lowest BCUT2D eigenvalue weighted by atomic mass is 10.1. The van der Waals surface area contributed by atoms with Crippen LogP contribution in [0.5, 0.6) is 0 Å². The zero-order valence-corrected chi connectivity index (χ0v) is 8.02. The molecule has 0 aromatic heterocycles. The van der Waals surface area contributed by atoms with Crippen molar-refractivity contribution in [3.8, 4) is 0 Å². The van der Waals surface area contributed by atoms with Crippen molar-refractivity contribution in [3.05, 3.63) is 0 Å². The molecular weight excluding hydrogens is 154 g/mol. The smallest absolute Gasteiger partial charge is 0.305 e. The fourth-order valence-electron chi connectivity index (χ4n) is 1.30. The van der Waals surface area contributed by atoms with E-state index in [1.54, 1.807) is 6.92 Å². The van der Waals surface area contributed by atoms with Gasteiger partial charge in [0.05, 0.1) is 5.54 Å². The third kappa shape index (κ3) is 1.61. The van der Waals surface area contributed by atoms with Crippen molar-refractivity contribution in [2.24, 2.45) is 11.1 Å². The maximum absolute atomic E-state index is 10.8. The normalized spacial score (nSPS) is 31.3. The second-order valence-electron chi connectivity index (χ2n) is 4.23. The van der Waals surface area contributed by atoms with Crippen LogP contribution in [-0.2, 0) is 9.53 Å². The Hall–Kier alpha value is -0.570. The molecule has 0 heterocycles. The van der Waals surface area contributed by atoms with Gasteiger partial charge in [-0.15, -0.1) is 0 Å². The molecule has 1 saturated carbocycles. The van der Waals surface area contributed by atoms with Gasteiger partial charge in [-0.1, -0.05) is 20.8 Å². The molecule has 1 atom stereocenters. The molecule has 3 nitrogen and oxygen atoms in total. The Morgan fingerprint density at radius 3 is 2.42 bits per heavy atom. The number of hydrogen-bond acceptors (Lipinski definition) is 3. The SMILES string of the molecule is CCC(=O)OCC1(N)CC1(C)C. The molecular formula is C9H17NO2. The van der Waals surface area contributed by atoms with Gasteiger partial charge < -0.3 is 10.5 Å². The van der Waals surface area contributed by atoms with Crippen molar-refractivity contribution in [2.45, 2.75) is 39.2 Å². The number of carbonyl (C=O) groups is 1. The quantitative estimate of drug-likeness (QED) is 0.646. The maximum Gasteiger partial charge on any atom is 0.305 e. The van der Waals surface area contributed by atoms with E-state index in [4.69, 9.17) is 10.5 Å². The molecule has 0 aliphatic heterocycles. The van der Waals surface area contributed by atoms with E-state index in [1.807, 2.05) is 0 Å². The average Bonchev–Trinajstić information content (AvgIpc) is 2.47. The number of hydrogen-bond donors (Lipinski definition) is 1. The minimum absolute atomic E-state index is 0.140. The van der Waals surface area contributed by atoms with E-state index in [0.29, 0.717) is 13.0 Å². The predicted octanol–water partition coefficient (Wildman–Crippen LogP) is 1.07. The molecule has 12 heavy (non-hydrogen) atoms. The molecule has 0 amide bonds. The molecule has 70 valence electrons. The molecule has 0 saturated heterocycles. The van der Waals surface area contributed by atoms with Gasteiger partial charge in [-0.25, -0.2) is 0 Å². The van der Waals surface area contributed by atoms with Gasteiger partial charge in [0.1, 0.15) is 6.61 Å². The summed E-state index contributed by atoms with van der Waals surface area (Å²) < 4.78 is 4.99. The topological polar surface area (TPSA) is 52.3 Å². The zero-order valence-electron chi connectivity index (χ0n) is 8.02. The summed E-state index contributed by atoms with van der Waals surface area (Å²) in [6.45, 7) is 6.33. The number of carbonyl (C=O) groups excluding carboxylic acids is 1. The molecule has 1 unspecified atom stereocenters. The van der Waals surface area contributed by atoms with Crippen molar-refractivity contribution in [1.82, 2.24) is 0 Å². The molecule has 3 heteroatoms. The van der Waals surface area contributed by atoms with E-state index in [1.165, 1.54) is 0 Å². The summed E-state index contributed by atoms with van der Waals surface area (Å²) in [5.74, 6) is -0.164. The number of ether oxygens (including phenoxy) is 1. The van der Waals surface area contributed by atoms with Crippen molar-refractivity contribution >= 4 is 5.97 Å². The number of esters is 1. The lowest BCUT2D eigenvalue weighted by Crippen LogP contribution is -2.34. The van der Waals surface area contributed by atoms with Crippen LogP contribution >= 0.6 is 0 Å². The Balaban J connectivity index is 2.30. The van der Waals surface area contributed by atoms with Crippen LogP contribution in [0.1, 0.15) is 33.6 Å². The summed E-state index contributed by atoms with van der Waals surface area (Å²) in [4.78, 5) is 10.8. The van der Waals surface area contributed by atoms with Crippen LogP contribution < -0.4 is 5.73 Å². The van der Waals surface area contributed by atoms with Gasteiger partial charge in [-0.05, 0) is 11.8 Å². The first-order chi connectivity index (χ1) is 5.41. The average molecular weight is 171 g/mol. The summed E-state index contributed by atoms with van der Waals surface area (Å²) in [5.41, 5.74) is 5.82. The van der Waals surface area contributed by atoms with Gasteiger partial charge in [-0.2, -0.15) is 0 Å². The molecule has 1 rings (SSSR count). The summed E-state index contributed by atoms with van der Waals surface area (Å²) in [6.07, 6.45) is 1.37. The Morgan fingerprint density at radius 1 is 1.58 bits per heavy atom. The van der Waals surface area contributed by atoms with E-state index in [9.17, 15) is 4.79 Å². The van der Waals surface area contributed by atoms with Crippen molar-refractivity contribution in [1.29, 1.82) is 0 Å². The molecule has 2 N–H and O–H groups in total. The first kappa shape index (κ1) is 9.52. The molecule has 0 aromatic rings. The lowest BCUT2D eigenvalue weighted by Gasteiger charge is -2.14. The van der Waals surface area contributed by atoms with E-state index in [0.717, 1.165) is 6.42 Å². The minimum atomic E-state index is -0.266. The van der Waals surface area contributed by atoms with Crippen LogP contribution in [-0.4, -0.2) is 18.1 Å². The minimum Gasteiger partial charge on any atom is -0.464 e. The molecule has 0 spiro atoms. The summed E-state index contributed by atoms with van der Waals surface area (Å²) in [7, 11) is 0. The highest BCUT2D eigenvalue weighted by Gasteiger charge is 2.59. The summed E-state index contributed by atoms with van der Waals surface area (Å²) >= 11 is 0. The Kier molecular flexibility index (Phi) is 2.17. The van der Waals surface area contributed by atoms with Crippen LogP contribution in [0.4, 0.5) is 0 Å². The first-order valence-electron chi connectivity index (χ1n) is 4.36. The van der Waals surface area contributed by atoms with E-state index >= 15 is 0 Å². The Morgan fingerprint density at radius 2 is 2.08 bits per heavy atom. The Labute approximate surface area is 73.3 Å². The van der Waals surface area contributed by atoms with E-state index < -0.39 is 0 Å². The van der Waals surface area contributed by atoms with Crippen molar-refractivity contribution in [2.75, 3.05) is 6.61 Å². The second kappa shape index (κ2) is 2.73.